The van der Waals surface area contributed by atoms with Crippen molar-refractivity contribution in [3.8, 4) is 0 Å². The highest BCUT2D eigenvalue weighted by molar-refractivity contribution is 5.77. The van der Waals surface area contributed by atoms with E-state index in [9.17, 15) is 14.4 Å². The normalized spacial score (nSPS) is 12.4. The van der Waals surface area contributed by atoms with Gasteiger partial charge in [0.1, 0.15) is 24.0 Å². The van der Waals surface area contributed by atoms with E-state index in [1.807, 2.05) is 6.07 Å². The van der Waals surface area contributed by atoms with Crippen LogP contribution >= 0.6 is 0 Å². The van der Waals surface area contributed by atoms with E-state index in [1.165, 1.54) is 12.5 Å². The Kier molecular flexibility index (Phi) is 4.05. The van der Waals surface area contributed by atoms with Gasteiger partial charge in [-0.1, -0.05) is 30.3 Å². The van der Waals surface area contributed by atoms with Gasteiger partial charge in [0.25, 0.3) is 5.56 Å². The van der Waals surface area contributed by atoms with Crippen LogP contribution in [0.3, 0.4) is 0 Å². The fourth-order valence-electron chi connectivity index (χ4n) is 2.50. The maximum absolute atomic E-state index is 12.7. The van der Waals surface area contributed by atoms with Crippen molar-refractivity contribution in [3.63, 3.8) is 0 Å². The highest BCUT2D eigenvalue weighted by atomic mass is 16.4. The van der Waals surface area contributed by atoms with Gasteiger partial charge in [0.2, 0.25) is 0 Å². The molecular formula is C16H15N3O5. The van der Waals surface area contributed by atoms with Gasteiger partial charge in [0.05, 0.1) is 18.6 Å². The fraction of sp³-hybridized carbons (Fsp3) is 0.188. The first kappa shape index (κ1) is 15.8. The van der Waals surface area contributed by atoms with Crippen molar-refractivity contribution in [2.24, 2.45) is 5.73 Å². The number of nitrogens with two attached hydrogens (primary N) is 1. The molecule has 0 fully saturated rings. The molecule has 3 N–H and O–H groups in total. The van der Waals surface area contributed by atoms with Crippen LogP contribution in [0.4, 0.5) is 0 Å². The second-order valence-corrected chi connectivity index (χ2v) is 5.39. The minimum absolute atomic E-state index is 0.0714. The first-order chi connectivity index (χ1) is 11.5. The summed E-state index contributed by atoms with van der Waals surface area (Å²) >= 11 is 0. The van der Waals surface area contributed by atoms with Crippen molar-refractivity contribution in [2.75, 3.05) is 0 Å². The number of fused-ring (bicyclic) bond motifs is 1. The Balaban J connectivity index is 2.17. The smallest absolute Gasteiger partial charge is 0.331 e. The summed E-state index contributed by atoms with van der Waals surface area (Å²) < 4.78 is 7.23. The molecule has 2 heterocycles. The van der Waals surface area contributed by atoms with Crippen molar-refractivity contribution in [2.45, 2.75) is 19.1 Å². The number of benzene rings is 1. The fourth-order valence-corrected chi connectivity index (χ4v) is 2.50. The van der Waals surface area contributed by atoms with Crippen molar-refractivity contribution >= 4 is 16.9 Å². The minimum Gasteiger partial charge on any atom is -0.480 e. The molecule has 0 saturated heterocycles. The summed E-state index contributed by atoms with van der Waals surface area (Å²) in [4.78, 5) is 36.2. The van der Waals surface area contributed by atoms with Gasteiger partial charge in [-0.2, -0.15) is 0 Å². The van der Waals surface area contributed by atoms with Crippen LogP contribution in [0.2, 0.25) is 0 Å². The highest BCUT2D eigenvalue weighted by Gasteiger charge is 2.19. The average molecular weight is 329 g/mol. The molecule has 3 aromatic rings. The number of furan rings is 1. The number of nitrogens with zero attached hydrogens (tertiary/aromatic N) is 2. The summed E-state index contributed by atoms with van der Waals surface area (Å²) in [6.07, 6.45) is 2.47. The maximum Gasteiger partial charge on any atom is 0.331 e. The molecule has 8 heteroatoms. The number of carboxylic acid groups (broad SMARTS) is 1. The Hall–Kier alpha value is -3.13. The number of hydrogen-bond donors (Lipinski definition) is 2. The zero-order chi connectivity index (χ0) is 17.3. The predicted octanol–water partition coefficient (Wildman–Crippen LogP) is 0.216. The van der Waals surface area contributed by atoms with Gasteiger partial charge in [0.15, 0.2) is 0 Å². The lowest BCUT2D eigenvalue weighted by Gasteiger charge is -2.13. The molecule has 0 radical (unpaired) electrons. The molecular weight excluding hydrogens is 314 g/mol. The van der Waals surface area contributed by atoms with E-state index in [4.69, 9.17) is 15.3 Å². The molecule has 0 spiro atoms. The molecule has 0 aliphatic heterocycles. The number of carboxylic acids is 1. The summed E-state index contributed by atoms with van der Waals surface area (Å²) in [5.41, 5.74) is 5.42. The minimum atomic E-state index is -1.27. The second kappa shape index (κ2) is 6.17. The standard InChI is InChI=1S/C16H15N3O5/c17-12(15(21)22)7-18-13-9-24-8-11(13)14(20)19(16(18)23)6-10-4-2-1-3-5-10/h1-5,8-9,12H,6-7,17H2,(H,21,22)/t12-/m0/s1. The van der Waals surface area contributed by atoms with Crippen molar-refractivity contribution in [1.29, 1.82) is 0 Å². The van der Waals surface area contributed by atoms with E-state index in [0.717, 1.165) is 14.7 Å². The Bertz CT molecular complexity index is 1000. The van der Waals surface area contributed by atoms with Gasteiger partial charge in [0, 0.05) is 0 Å². The van der Waals surface area contributed by atoms with E-state index in [1.54, 1.807) is 24.3 Å². The number of carbonyl (C=O) groups is 1. The van der Waals surface area contributed by atoms with E-state index in [2.05, 4.69) is 0 Å². The lowest BCUT2D eigenvalue weighted by atomic mass is 10.2. The summed E-state index contributed by atoms with van der Waals surface area (Å²) in [7, 11) is 0. The van der Waals surface area contributed by atoms with Gasteiger partial charge in [-0.25, -0.2) is 4.79 Å². The molecule has 24 heavy (non-hydrogen) atoms. The molecule has 0 amide bonds. The molecule has 0 aliphatic rings. The quantitative estimate of drug-likeness (QED) is 0.690. The van der Waals surface area contributed by atoms with Gasteiger partial charge >= 0.3 is 11.7 Å². The van der Waals surface area contributed by atoms with Crippen LogP contribution in [0, 0.1) is 0 Å². The molecule has 0 aliphatic carbocycles. The topological polar surface area (TPSA) is 120 Å². The van der Waals surface area contributed by atoms with E-state index < -0.39 is 23.3 Å². The van der Waals surface area contributed by atoms with Gasteiger partial charge in [-0.3, -0.25) is 18.7 Å². The van der Waals surface area contributed by atoms with Gasteiger partial charge in [-0.05, 0) is 5.56 Å². The number of aromatic nitrogens is 2. The van der Waals surface area contributed by atoms with Gasteiger partial charge in [-0.15, -0.1) is 0 Å². The number of rotatable bonds is 5. The molecule has 2 aromatic heterocycles. The summed E-state index contributed by atoms with van der Waals surface area (Å²) in [5.74, 6) is -1.24. The third kappa shape index (κ3) is 2.74. The van der Waals surface area contributed by atoms with Crippen LogP contribution in [-0.4, -0.2) is 26.3 Å². The predicted molar refractivity (Wildman–Crippen MR) is 85.9 cm³/mol. The molecule has 0 unspecified atom stereocenters. The SMILES string of the molecule is N[C@@H](Cn1c(=O)n(Cc2ccccc2)c(=O)c2cocc21)C(=O)O. The largest absolute Gasteiger partial charge is 0.480 e. The van der Waals surface area contributed by atoms with Gasteiger partial charge < -0.3 is 15.3 Å². The van der Waals surface area contributed by atoms with Crippen molar-refractivity contribution in [3.05, 3.63) is 69.3 Å². The van der Waals surface area contributed by atoms with Crippen LogP contribution in [0.25, 0.3) is 10.9 Å². The van der Waals surface area contributed by atoms with Crippen molar-refractivity contribution < 1.29 is 14.3 Å². The van der Waals surface area contributed by atoms with E-state index in [-0.39, 0.29) is 24.0 Å². The summed E-state index contributed by atoms with van der Waals surface area (Å²) in [6, 6.07) is 7.74. The molecule has 1 atom stereocenters. The zero-order valence-corrected chi connectivity index (χ0v) is 12.6. The van der Waals surface area contributed by atoms with Crippen LogP contribution in [0.15, 0.2) is 56.9 Å². The van der Waals surface area contributed by atoms with E-state index in [0.29, 0.717) is 0 Å². The van der Waals surface area contributed by atoms with E-state index >= 15 is 0 Å². The summed E-state index contributed by atoms with van der Waals surface area (Å²) in [5, 5.41) is 9.18. The molecule has 8 nitrogen and oxygen atoms in total. The van der Waals surface area contributed by atoms with Crippen LogP contribution in [0.1, 0.15) is 5.56 Å². The Morgan fingerprint density at radius 1 is 1.17 bits per heavy atom. The average Bonchev–Trinajstić information content (AvgIpc) is 3.06. The molecule has 3 rings (SSSR count). The van der Waals surface area contributed by atoms with Crippen molar-refractivity contribution in [1.82, 2.24) is 9.13 Å². The molecule has 1 aromatic carbocycles. The highest BCUT2D eigenvalue weighted by Crippen LogP contribution is 2.10. The molecule has 124 valence electrons. The first-order valence-electron chi connectivity index (χ1n) is 7.21. The summed E-state index contributed by atoms with van der Waals surface area (Å²) in [6.45, 7) is -0.193. The number of aliphatic carboxylic acids is 1. The Labute approximate surface area is 135 Å². The Morgan fingerprint density at radius 3 is 2.54 bits per heavy atom. The number of hydrogen-bond acceptors (Lipinski definition) is 5. The molecule has 0 bridgehead atoms. The first-order valence-corrected chi connectivity index (χ1v) is 7.21. The monoisotopic (exact) mass is 329 g/mol. The third-order valence-electron chi connectivity index (χ3n) is 3.75. The second-order valence-electron chi connectivity index (χ2n) is 5.39. The maximum atomic E-state index is 12.7. The lowest BCUT2D eigenvalue weighted by Crippen LogP contribution is -2.44. The molecule has 0 saturated carbocycles. The van der Waals surface area contributed by atoms with Crippen LogP contribution in [0.5, 0.6) is 0 Å². The third-order valence-corrected chi connectivity index (χ3v) is 3.75. The van der Waals surface area contributed by atoms with Crippen LogP contribution in [-0.2, 0) is 17.9 Å². The lowest BCUT2D eigenvalue weighted by molar-refractivity contribution is -0.138. The zero-order valence-electron chi connectivity index (χ0n) is 12.6. The van der Waals surface area contributed by atoms with Crippen LogP contribution < -0.4 is 17.0 Å². The Morgan fingerprint density at radius 2 is 1.88 bits per heavy atom.